The van der Waals surface area contributed by atoms with E-state index in [0.29, 0.717) is 5.69 Å². The third kappa shape index (κ3) is 2.55. The summed E-state index contributed by atoms with van der Waals surface area (Å²) in [5, 5.41) is 8.36. The largest absolute Gasteiger partial charge is 0.506 e. The molecule has 0 saturated carbocycles. The maximum Gasteiger partial charge on any atom is 0.227 e. The average molecular weight is 172 g/mol. The zero-order valence-corrected chi connectivity index (χ0v) is 6.38. The first kappa shape index (κ1) is 8.01. The van der Waals surface area contributed by atoms with Gasteiger partial charge >= 0.3 is 0 Å². The van der Waals surface area contributed by atoms with E-state index < -0.39 is 5.24 Å². The maximum absolute atomic E-state index is 10.4. The van der Waals surface area contributed by atoms with E-state index in [2.05, 4.69) is 4.98 Å². The van der Waals surface area contributed by atoms with Gasteiger partial charge in [0.05, 0.1) is 12.6 Å². The summed E-state index contributed by atoms with van der Waals surface area (Å²) in [4.78, 5) is 14.1. The fourth-order valence-electron chi connectivity index (χ4n) is 0.664. The Labute approximate surface area is 68.6 Å². The van der Waals surface area contributed by atoms with Crippen LogP contribution in [0.5, 0.6) is 5.75 Å². The molecule has 0 atom stereocenters. The zero-order valence-electron chi connectivity index (χ0n) is 5.62. The van der Waals surface area contributed by atoms with Crippen molar-refractivity contribution < 1.29 is 9.90 Å². The van der Waals surface area contributed by atoms with Crippen LogP contribution in [0.4, 0.5) is 0 Å². The molecule has 1 aromatic heterocycles. The number of hydrogen-bond donors (Lipinski definition) is 1. The molecule has 1 aromatic rings. The van der Waals surface area contributed by atoms with E-state index in [0.717, 1.165) is 0 Å². The Morgan fingerprint density at radius 1 is 1.64 bits per heavy atom. The fraction of sp³-hybridized carbons (Fsp3) is 0.143. The van der Waals surface area contributed by atoms with Crippen molar-refractivity contribution in [1.82, 2.24) is 4.98 Å². The highest BCUT2D eigenvalue weighted by molar-refractivity contribution is 6.63. The Bertz CT molecular complexity index is 258. The van der Waals surface area contributed by atoms with E-state index in [4.69, 9.17) is 16.7 Å². The Kier molecular flexibility index (Phi) is 2.44. The van der Waals surface area contributed by atoms with Crippen LogP contribution >= 0.6 is 11.6 Å². The molecule has 0 bridgehead atoms. The number of halogens is 1. The average Bonchev–Trinajstić information content (AvgIpc) is 1.93. The monoisotopic (exact) mass is 171 g/mol. The molecule has 0 aliphatic heterocycles. The molecule has 1 N–H and O–H groups in total. The van der Waals surface area contributed by atoms with Crippen LogP contribution < -0.4 is 0 Å². The molecule has 1 heterocycles. The molecule has 11 heavy (non-hydrogen) atoms. The highest BCUT2D eigenvalue weighted by Crippen LogP contribution is 2.06. The van der Waals surface area contributed by atoms with Gasteiger partial charge in [-0.1, -0.05) is 0 Å². The standard InChI is InChI=1S/C7H6ClNO2/c8-7(11)3-5-1-2-6(10)4-9-5/h1-2,4,10H,3H2. The molecule has 0 aliphatic rings. The summed E-state index contributed by atoms with van der Waals surface area (Å²) in [5.41, 5.74) is 0.558. The van der Waals surface area contributed by atoms with Crippen molar-refractivity contribution in [3.63, 3.8) is 0 Å². The van der Waals surface area contributed by atoms with Crippen LogP contribution in [0.15, 0.2) is 18.3 Å². The lowest BCUT2D eigenvalue weighted by atomic mass is 10.3. The molecule has 0 aliphatic carbocycles. The van der Waals surface area contributed by atoms with Crippen LogP contribution in [-0.4, -0.2) is 15.3 Å². The lowest BCUT2D eigenvalue weighted by Crippen LogP contribution is -1.95. The molecule has 58 valence electrons. The molecule has 0 saturated heterocycles. The Morgan fingerprint density at radius 3 is 2.82 bits per heavy atom. The van der Waals surface area contributed by atoms with Gasteiger partial charge in [0, 0.05) is 5.69 Å². The number of carbonyl (C=O) groups is 1. The second-order valence-electron chi connectivity index (χ2n) is 2.04. The predicted molar refractivity (Wildman–Crippen MR) is 40.5 cm³/mol. The third-order valence-corrected chi connectivity index (χ3v) is 1.26. The number of nitrogens with zero attached hydrogens (tertiary/aromatic N) is 1. The van der Waals surface area contributed by atoms with Gasteiger partial charge < -0.3 is 5.11 Å². The second-order valence-corrected chi connectivity index (χ2v) is 2.46. The molecule has 0 fully saturated rings. The number of carbonyl (C=O) groups excluding carboxylic acids is 1. The Balaban J connectivity index is 2.74. The smallest absolute Gasteiger partial charge is 0.227 e. The van der Waals surface area contributed by atoms with Gasteiger partial charge in [0.25, 0.3) is 0 Å². The van der Waals surface area contributed by atoms with Gasteiger partial charge in [0.1, 0.15) is 5.75 Å². The van der Waals surface area contributed by atoms with E-state index in [1.807, 2.05) is 0 Å². The topological polar surface area (TPSA) is 50.2 Å². The summed E-state index contributed by atoms with van der Waals surface area (Å²) in [7, 11) is 0. The molecule has 1 rings (SSSR count). The number of pyridine rings is 1. The molecule has 0 spiro atoms. The van der Waals surface area contributed by atoms with Crippen molar-refractivity contribution in [2.45, 2.75) is 6.42 Å². The summed E-state index contributed by atoms with van der Waals surface area (Å²) >= 11 is 5.11. The van der Waals surface area contributed by atoms with Crippen molar-refractivity contribution in [1.29, 1.82) is 0 Å². The lowest BCUT2D eigenvalue weighted by molar-refractivity contribution is -0.111. The Hall–Kier alpha value is -1.09. The summed E-state index contributed by atoms with van der Waals surface area (Å²) < 4.78 is 0. The van der Waals surface area contributed by atoms with Crippen molar-refractivity contribution in [2.24, 2.45) is 0 Å². The van der Waals surface area contributed by atoms with Crippen molar-refractivity contribution in [3.05, 3.63) is 24.0 Å². The predicted octanol–water partition coefficient (Wildman–Crippen LogP) is 1.10. The van der Waals surface area contributed by atoms with Gasteiger partial charge in [0.15, 0.2) is 0 Å². The third-order valence-electron chi connectivity index (χ3n) is 1.13. The molecule has 3 nitrogen and oxygen atoms in total. The molecule has 0 radical (unpaired) electrons. The first-order chi connectivity index (χ1) is 5.18. The van der Waals surface area contributed by atoms with Crippen LogP contribution in [-0.2, 0) is 11.2 Å². The van der Waals surface area contributed by atoms with Crippen molar-refractivity contribution in [2.75, 3.05) is 0 Å². The molecule has 0 unspecified atom stereocenters. The van der Waals surface area contributed by atoms with Crippen LogP contribution in [0.3, 0.4) is 0 Å². The van der Waals surface area contributed by atoms with Gasteiger partial charge in [-0.3, -0.25) is 9.78 Å². The highest BCUT2D eigenvalue weighted by atomic mass is 35.5. The van der Waals surface area contributed by atoms with Crippen molar-refractivity contribution >= 4 is 16.8 Å². The van der Waals surface area contributed by atoms with Crippen LogP contribution in [0.2, 0.25) is 0 Å². The van der Waals surface area contributed by atoms with Crippen LogP contribution in [0.1, 0.15) is 5.69 Å². The van der Waals surface area contributed by atoms with E-state index in [1.165, 1.54) is 12.3 Å². The lowest BCUT2D eigenvalue weighted by Gasteiger charge is -1.94. The number of rotatable bonds is 2. The highest BCUT2D eigenvalue weighted by Gasteiger charge is 1.99. The minimum absolute atomic E-state index is 0.0794. The summed E-state index contributed by atoms with van der Waals surface area (Å²) in [6.07, 6.45) is 1.37. The molecular formula is C7H6ClNO2. The zero-order chi connectivity index (χ0) is 8.27. The van der Waals surface area contributed by atoms with Crippen LogP contribution in [0.25, 0.3) is 0 Å². The minimum Gasteiger partial charge on any atom is -0.506 e. The van der Waals surface area contributed by atoms with Gasteiger partial charge in [-0.2, -0.15) is 0 Å². The number of aromatic nitrogens is 1. The maximum atomic E-state index is 10.4. The van der Waals surface area contributed by atoms with E-state index >= 15 is 0 Å². The summed E-state index contributed by atoms with van der Waals surface area (Å²) in [6.45, 7) is 0. The molecule has 0 aromatic carbocycles. The number of hydrogen-bond acceptors (Lipinski definition) is 3. The molecular weight excluding hydrogens is 166 g/mol. The summed E-state index contributed by atoms with van der Waals surface area (Å²) in [5.74, 6) is 0.0794. The van der Waals surface area contributed by atoms with Gasteiger partial charge in [-0.05, 0) is 23.7 Å². The van der Waals surface area contributed by atoms with Gasteiger partial charge in [-0.25, -0.2) is 0 Å². The minimum atomic E-state index is -0.455. The summed E-state index contributed by atoms with van der Waals surface area (Å²) in [6, 6.07) is 3.01. The first-order valence-electron chi connectivity index (χ1n) is 3.00. The molecule has 0 amide bonds. The van der Waals surface area contributed by atoms with Gasteiger partial charge in [-0.15, -0.1) is 0 Å². The molecule has 4 heteroatoms. The normalized spacial score (nSPS) is 9.55. The van der Waals surface area contributed by atoms with Crippen LogP contribution in [0, 0.1) is 0 Å². The quantitative estimate of drug-likeness (QED) is 0.678. The SMILES string of the molecule is O=C(Cl)Cc1ccc(O)cn1. The number of aromatic hydroxyl groups is 1. The van der Waals surface area contributed by atoms with E-state index in [-0.39, 0.29) is 12.2 Å². The first-order valence-corrected chi connectivity index (χ1v) is 3.38. The Morgan fingerprint density at radius 2 is 2.36 bits per heavy atom. The van der Waals surface area contributed by atoms with Crippen molar-refractivity contribution in [3.8, 4) is 5.75 Å². The van der Waals surface area contributed by atoms with E-state index in [9.17, 15) is 4.79 Å². The fourth-order valence-corrected chi connectivity index (χ4v) is 0.801. The van der Waals surface area contributed by atoms with Gasteiger partial charge in [0.2, 0.25) is 5.24 Å². The van der Waals surface area contributed by atoms with E-state index in [1.54, 1.807) is 6.07 Å². The second kappa shape index (κ2) is 3.34.